The van der Waals surface area contributed by atoms with Crippen LogP contribution in [0.3, 0.4) is 0 Å². The highest BCUT2D eigenvalue weighted by molar-refractivity contribution is 5.28. The number of aliphatic hydroxyl groups is 1. The van der Waals surface area contributed by atoms with Gasteiger partial charge in [0.15, 0.2) is 0 Å². The minimum absolute atomic E-state index is 0.00653. The monoisotopic (exact) mass is 253 g/mol. The molecular formula is C14H23NO3. The largest absolute Gasteiger partial charge is 0.475 e. The SMILES string of the molecule is CCOCCOc1cc(CO)cc(C(C)(C)C)n1. The summed E-state index contributed by atoms with van der Waals surface area (Å²) in [5, 5.41) is 9.25. The molecule has 0 aromatic carbocycles. The predicted octanol–water partition coefficient (Wildman–Crippen LogP) is 2.29. The van der Waals surface area contributed by atoms with Crippen LogP contribution in [0.4, 0.5) is 0 Å². The van der Waals surface area contributed by atoms with Crippen molar-refractivity contribution in [3.8, 4) is 5.88 Å². The summed E-state index contributed by atoms with van der Waals surface area (Å²) in [6.07, 6.45) is 0. The molecule has 1 heterocycles. The first-order chi connectivity index (χ1) is 8.47. The number of aliphatic hydroxyl groups excluding tert-OH is 1. The van der Waals surface area contributed by atoms with Crippen LogP contribution in [-0.2, 0) is 16.8 Å². The van der Waals surface area contributed by atoms with Crippen LogP contribution in [-0.4, -0.2) is 29.9 Å². The maximum Gasteiger partial charge on any atom is 0.213 e. The van der Waals surface area contributed by atoms with E-state index in [1.165, 1.54) is 0 Å². The first kappa shape index (κ1) is 14.9. The number of nitrogens with zero attached hydrogens (tertiary/aromatic N) is 1. The molecule has 4 nitrogen and oxygen atoms in total. The number of pyridine rings is 1. The van der Waals surface area contributed by atoms with E-state index in [1.807, 2.05) is 13.0 Å². The van der Waals surface area contributed by atoms with Gasteiger partial charge in [-0.2, -0.15) is 0 Å². The van der Waals surface area contributed by atoms with Crippen LogP contribution in [0, 0.1) is 0 Å². The van der Waals surface area contributed by atoms with E-state index in [0.717, 1.165) is 11.3 Å². The Balaban J connectivity index is 2.78. The van der Waals surface area contributed by atoms with Gasteiger partial charge in [0.1, 0.15) is 6.61 Å². The molecule has 0 amide bonds. The van der Waals surface area contributed by atoms with E-state index in [9.17, 15) is 5.11 Å². The van der Waals surface area contributed by atoms with Crippen LogP contribution in [0.2, 0.25) is 0 Å². The highest BCUT2D eigenvalue weighted by Gasteiger charge is 2.17. The summed E-state index contributed by atoms with van der Waals surface area (Å²) in [6, 6.07) is 3.68. The van der Waals surface area contributed by atoms with Crippen molar-refractivity contribution >= 4 is 0 Å². The van der Waals surface area contributed by atoms with E-state index in [-0.39, 0.29) is 12.0 Å². The molecule has 0 unspecified atom stereocenters. The Bertz CT molecular complexity index is 372. The van der Waals surface area contributed by atoms with Gasteiger partial charge >= 0.3 is 0 Å². The summed E-state index contributed by atoms with van der Waals surface area (Å²) < 4.78 is 10.7. The fraction of sp³-hybridized carbons (Fsp3) is 0.643. The number of ether oxygens (including phenoxy) is 2. The maximum absolute atomic E-state index is 9.25. The molecule has 0 fully saturated rings. The second kappa shape index (κ2) is 6.71. The van der Waals surface area contributed by atoms with Gasteiger partial charge in [-0.25, -0.2) is 4.98 Å². The second-order valence-corrected chi connectivity index (χ2v) is 5.15. The van der Waals surface area contributed by atoms with E-state index < -0.39 is 0 Å². The third kappa shape index (κ3) is 4.63. The van der Waals surface area contributed by atoms with Gasteiger partial charge in [-0.15, -0.1) is 0 Å². The van der Waals surface area contributed by atoms with Gasteiger partial charge in [-0.3, -0.25) is 0 Å². The molecule has 102 valence electrons. The Morgan fingerprint density at radius 3 is 2.50 bits per heavy atom. The summed E-state index contributed by atoms with van der Waals surface area (Å²) >= 11 is 0. The van der Waals surface area contributed by atoms with Gasteiger partial charge in [-0.05, 0) is 18.6 Å². The van der Waals surface area contributed by atoms with Gasteiger partial charge in [0.05, 0.1) is 18.9 Å². The third-order valence-corrected chi connectivity index (χ3v) is 2.49. The van der Waals surface area contributed by atoms with Crippen LogP contribution >= 0.6 is 0 Å². The van der Waals surface area contributed by atoms with Gasteiger partial charge in [-0.1, -0.05) is 20.8 Å². The molecule has 0 saturated carbocycles. The average Bonchev–Trinajstić information content (AvgIpc) is 2.33. The molecule has 0 saturated heterocycles. The fourth-order valence-electron chi connectivity index (χ4n) is 1.46. The van der Waals surface area contributed by atoms with E-state index >= 15 is 0 Å². The van der Waals surface area contributed by atoms with Gasteiger partial charge < -0.3 is 14.6 Å². The summed E-state index contributed by atoms with van der Waals surface area (Å²) in [6.45, 7) is 9.89. The Labute approximate surface area is 109 Å². The highest BCUT2D eigenvalue weighted by Crippen LogP contribution is 2.24. The molecule has 0 aliphatic rings. The van der Waals surface area contributed by atoms with Crippen molar-refractivity contribution in [2.45, 2.75) is 39.7 Å². The summed E-state index contributed by atoms with van der Waals surface area (Å²) in [5.74, 6) is 0.547. The fourth-order valence-corrected chi connectivity index (χ4v) is 1.46. The molecule has 4 heteroatoms. The van der Waals surface area contributed by atoms with E-state index in [0.29, 0.717) is 25.7 Å². The zero-order valence-electron chi connectivity index (χ0n) is 11.7. The lowest BCUT2D eigenvalue weighted by Gasteiger charge is -2.19. The Kier molecular flexibility index (Phi) is 5.56. The lowest BCUT2D eigenvalue weighted by molar-refractivity contribution is 0.108. The van der Waals surface area contributed by atoms with Crippen molar-refractivity contribution in [3.63, 3.8) is 0 Å². The zero-order chi connectivity index (χ0) is 13.6. The topological polar surface area (TPSA) is 51.6 Å². The maximum atomic E-state index is 9.25. The van der Waals surface area contributed by atoms with E-state index in [1.54, 1.807) is 6.07 Å². The zero-order valence-corrected chi connectivity index (χ0v) is 11.7. The standard InChI is InChI=1S/C14H23NO3/c1-5-17-6-7-18-13-9-11(10-16)8-12(15-13)14(2,3)4/h8-9,16H,5-7,10H2,1-4H3. The lowest BCUT2D eigenvalue weighted by Crippen LogP contribution is -2.15. The first-order valence-corrected chi connectivity index (χ1v) is 6.30. The smallest absolute Gasteiger partial charge is 0.213 e. The number of hydrogen-bond acceptors (Lipinski definition) is 4. The van der Waals surface area contributed by atoms with Crippen LogP contribution in [0.1, 0.15) is 39.0 Å². The molecular weight excluding hydrogens is 230 g/mol. The van der Waals surface area contributed by atoms with Crippen LogP contribution in [0.25, 0.3) is 0 Å². The van der Waals surface area contributed by atoms with Crippen molar-refractivity contribution in [3.05, 3.63) is 23.4 Å². The molecule has 0 bridgehead atoms. The van der Waals surface area contributed by atoms with Gasteiger partial charge in [0.25, 0.3) is 0 Å². The lowest BCUT2D eigenvalue weighted by atomic mass is 9.91. The van der Waals surface area contributed by atoms with E-state index in [4.69, 9.17) is 9.47 Å². The van der Waals surface area contributed by atoms with Crippen molar-refractivity contribution in [2.24, 2.45) is 0 Å². The molecule has 1 aromatic heterocycles. The quantitative estimate of drug-likeness (QED) is 0.790. The normalized spacial score (nSPS) is 11.6. The number of hydrogen-bond donors (Lipinski definition) is 1. The molecule has 0 aliphatic heterocycles. The molecule has 0 radical (unpaired) electrons. The number of aromatic nitrogens is 1. The molecule has 1 aromatic rings. The van der Waals surface area contributed by atoms with Crippen molar-refractivity contribution in [2.75, 3.05) is 19.8 Å². The van der Waals surface area contributed by atoms with Crippen LogP contribution in [0.15, 0.2) is 12.1 Å². The molecule has 1 rings (SSSR count). The summed E-state index contributed by atoms with van der Waals surface area (Å²) in [7, 11) is 0. The highest BCUT2D eigenvalue weighted by atomic mass is 16.5. The molecule has 0 aliphatic carbocycles. The second-order valence-electron chi connectivity index (χ2n) is 5.15. The molecule has 0 atom stereocenters. The van der Waals surface area contributed by atoms with Gasteiger partial charge in [0.2, 0.25) is 5.88 Å². The first-order valence-electron chi connectivity index (χ1n) is 6.30. The minimum Gasteiger partial charge on any atom is -0.475 e. The predicted molar refractivity (Wildman–Crippen MR) is 70.8 cm³/mol. The van der Waals surface area contributed by atoms with Crippen LogP contribution < -0.4 is 4.74 Å². The Morgan fingerprint density at radius 2 is 1.94 bits per heavy atom. The van der Waals surface area contributed by atoms with Gasteiger partial charge in [0, 0.05) is 18.1 Å². The molecule has 1 N–H and O–H groups in total. The Morgan fingerprint density at radius 1 is 1.22 bits per heavy atom. The van der Waals surface area contributed by atoms with Crippen molar-refractivity contribution in [1.82, 2.24) is 4.98 Å². The van der Waals surface area contributed by atoms with E-state index in [2.05, 4.69) is 25.8 Å². The number of rotatable bonds is 6. The Hall–Kier alpha value is -1.13. The van der Waals surface area contributed by atoms with Crippen LogP contribution in [0.5, 0.6) is 5.88 Å². The average molecular weight is 253 g/mol. The molecule has 18 heavy (non-hydrogen) atoms. The third-order valence-electron chi connectivity index (χ3n) is 2.49. The van der Waals surface area contributed by atoms with Crippen molar-refractivity contribution in [1.29, 1.82) is 0 Å². The molecule has 0 spiro atoms. The summed E-state index contributed by atoms with van der Waals surface area (Å²) in [5.41, 5.74) is 1.67. The summed E-state index contributed by atoms with van der Waals surface area (Å²) in [4.78, 5) is 4.46. The van der Waals surface area contributed by atoms with Crippen molar-refractivity contribution < 1.29 is 14.6 Å². The minimum atomic E-state index is -0.0663.